The molecule has 0 aliphatic carbocycles. The highest BCUT2D eigenvalue weighted by atomic mass is 16.5. The van der Waals surface area contributed by atoms with Crippen LogP contribution in [0, 0.1) is 0 Å². The molecule has 0 bridgehead atoms. The van der Waals surface area contributed by atoms with Crippen molar-refractivity contribution < 1.29 is 23.8 Å². The van der Waals surface area contributed by atoms with Crippen molar-refractivity contribution in [1.29, 1.82) is 0 Å². The summed E-state index contributed by atoms with van der Waals surface area (Å²) < 4.78 is 15.1. The third kappa shape index (κ3) is 4.15. The van der Waals surface area contributed by atoms with Crippen LogP contribution in [-0.4, -0.2) is 38.2 Å². The normalized spacial score (nSPS) is 10.6. The van der Waals surface area contributed by atoms with Crippen molar-refractivity contribution in [3.8, 4) is 11.5 Å². The van der Waals surface area contributed by atoms with Gasteiger partial charge in [0.2, 0.25) is 0 Å². The molecule has 20 heavy (non-hydrogen) atoms. The lowest BCUT2D eigenvalue weighted by Gasteiger charge is -2.23. The molecule has 0 radical (unpaired) electrons. The zero-order valence-corrected chi connectivity index (χ0v) is 12.1. The quantitative estimate of drug-likeness (QED) is 0.792. The summed E-state index contributed by atoms with van der Waals surface area (Å²) in [7, 11) is 2.78. The maximum absolute atomic E-state index is 11.8. The fraction of sp³-hybridized carbons (Fsp3) is 0.429. The van der Waals surface area contributed by atoms with Gasteiger partial charge in [-0.25, -0.2) is 4.79 Å². The average molecular weight is 281 g/mol. The van der Waals surface area contributed by atoms with Crippen LogP contribution in [0.5, 0.6) is 11.5 Å². The van der Waals surface area contributed by atoms with Gasteiger partial charge in [-0.3, -0.25) is 4.79 Å². The number of carbonyl (C=O) groups is 2. The van der Waals surface area contributed by atoms with Gasteiger partial charge in [0.05, 0.1) is 14.2 Å². The lowest BCUT2D eigenvalue weighted by molar-refractivity contribution is -0.149. The van der Waals surface area contributed by atoms with E-state index in [1.807, 2.05) is 0 Å². The van der Waals surface area contributed by atoms with E-state index < -0.39 is 17.4 Å². The maximum atomic E-state index is 11.8. The van der Waals surface area contributed by atoms with Gasteiger partial charge in [0, 0.05) is 0 Å². The largest absolute Gasteiger partial charge is 0.493 e. The van der Waals surface area contributed by atoms with Crippen molar-refractivity contribution >= 4 is 11.9 Å². The Kier molecular flexibility index (Phi) is 5.37. The van der Waals surface area contributed by atoms with Crippen molar-refractivity contribution in [1.82, 2.24) is 5.32 Å². The first-order chi connectivity index (χ1) is 9.40. The molecule has 0 fully saturated rings. The highest BCUT2D eigenvalue weighted by Crippen LogP contribution is 2.25. The van der Waals surface area contributed by atoms with Crippen LogP contribution in [0.4, 0.5) is 0 Å². The maximum Gasteiger partial charge on any atom is 0.330 e. The highest BCUT2D eigenvalue weighted by Gasteiger charge is 2.30. The first kappa shape index (κ1) is 15.8. The lowest BCUT2D eigenvalue weighted by Crippen LogP contribution is -2.51. The van der Waals surface area contributed by atoms with Gasteiger partial charge in [-0.05, 0) is 26.0 Å². The molecule has 1 N–H and O–H groups in total. The number of ether oxygens (including phenoxy) is 3. The van der Waals surface area contributed by atoms with Crippen LogP contribution in [0.25, 0.3) is 0 Å². The second kappa shape index (κ2) is 6.79. The second-order valence-corrected chi connectivity index (χ2v) is 4.60. The van der Waals surface area contributed by atoms with Crippen molar-refractivity contribution in [3.63, 3.8) is 0 Å². The molecular weight excluding hydrogens is 262 g/mol. The summed E-state index contributed by atoms with van der Waals surface area (Å²) in [5.41, 5.74) is -1.10. The molecule has 1 amide bonds. The van der Waals surface area contributed by atoms with Gasteiger partial charge in [0.25, 0.3) is 5.91 Å². The van der Waals surface area contributed by atoms with E-state index in [9.17, 15) is 9.59 Å². The molecule has 0 aliphatic rings. The minimum atomic E-state index is -1.10. The summed E-state index contributed by atoms with van der Waals surface area (Å²) >= 11 is 0. The van der Waals surface area contributed by atoms with Gasteiger partial charge >= 0.3 is 5.97 Å². The van der Waals surface area contributed by atoms with Gasteiger partial charge in [-0.15, -0.1) is 0 Å². The number of amides is 1. The number of benzene rings is 1. The van der Waals surface area contributed by atoms with Crippen LogP contribution in [0.1, 0.15) is 13.8 Å². The smallest absolute Gasteiger partial charge is 0.330 e. The molecule has 0 saturated carbocycles. The van der Waals surface area contributed by atoms with Crippen LogP contribution in [0.3, 0.4) is 0 Å². The lowest BCUT2D eigenvalue weighted by atomic mass is 10.1. The molecule has 1 aromatic carbocycles. The van der Waals surface area contributed by atoms with E-state index in [2.05, 4.69) is 10.1 Å². The van der Waals surface area contributed by atoms with E-state index in [0.29, 0.717) is 11.5 Å². The molecule has 0 saturated heterocycles. The van der Waals surface area contributed by atoms with Crippen molar-refractivity contribution in [3.05, 3.63) is 24.3 Å². The molecule has 0 aliphatic heterocycles. The molecule has 6 nitrogen and oxygen atoms in total. The number of hydrogen-bond donors (Lipinski definition) is 1. The third-order valence-electron chi connectivity index (χ3n) is 2.58. The minimum Gasteiger partial charge on any atom is -0.493 e. The van der Waals surface area contributed by atoms with Gasteiger partial charge < -0.3 is 19.5 Å². The van der Waals surface area contributed by atoms with Crippen molar-refractivity contribution in [2.24, 2.45) is 0 Å². The first-order valence-corrected chi connectivity index (χ1v) is 6.06. The van der Waals surface area contributed by atoms with E-state index in [1.165, 1.54) is 14.2 Å². The van der Waals surface area contributed by atoms with E-state index >= 15 is 0 Å². The van der Waals surface area contributed by atoms with Crippen LogP contribution in [-0.2, 0) is 14.3 Å². The minimum absolute atomic E-state index is 0.221. The Morgan fingerprint density at radius 3 is 2.30 bits per heavy atom. The number of hydrogen-bond acceptors (Lipinski definition) is 5. The zero-order chi connectivity index (χ0) is 15.2. The van der Waals surface area contributed by atoms with Crippen LogP contribution in [0.2, 0.25) is 0 Å². The Bertz CT molecular complexity index is 484. The third-order valence-corrected chi connectivity index (χ3v) is 2.58. The summed E-state index contributed by atoms with van der Waals surface area (Å²) in [5, 5.41) is 2.54. The molecule has 0 unspecified atom stereocenters. The number of esters is 1. The van der Waals surface area contributed by atoms with Gasteiger partial charge in [-0.1, -0.05) is 12.1 Å². The Balaban J connectivity index is 2.58. The topological polar surface area (TPSA) is 73.9 Å². The molecule has 0 atom stereocenters. The number of para-hydroxylation sites is 2. The van der Waals surface area contributed by atoms with Gasteiger partial charge in [0.15, 0.2) is 18.1 Å². The summed E-state index contributed by atoms with van der Waals surface area (Å²) in [6, 6.07) is 6.99. The predicted molar refractivity (Wildman–Crippen MR) is 72.7 cm³/mol. The molecule has 1 aromatic rings. The fourth-order valence-electron chi connectivity index (χ4n) is 1.57. The van der Waals surface area contributed by atoms with Crippen LogP contribution < -0.4 is 14.8 Å². The first-order valence-electron chi connectivity index (χ1n) is 6.06. The van der Waals surface area contributed by atoms with E-state index in [4.69, 9.17) is 9.47 Å². The summed E-state index contributed by atoms with van der Waals surface area (Å²) in [6.45, 7) is 2.89. The fourth-order valence-corrected chi connectivity index (χ4v) is 1.57. The summed E-state index contributed by atoms with van der Waals surface area (Å²) in [4.78, 5) is 23.2. The van der Waals surface area contributed by atoms with Crippen molar-refractivity contribution in [2.75, 3.05) is 20.8 Å². The van der Waals surface area contributed by atoms with E-state index in [1.54, 1.807) is 38.1 Å². The number of rotatable bonds is 6. The molecule has 110 valence electrons. The number of carbonyl (C=O) groups excluding carboxylic acids is 2. The molecule has 0 heterocycles. The SMILES string of the molecule is COC(=O)C(C)(C)NC(=O)COc1ccccc1OC. The van der Waals surface area contributed by atoms with E-state index in [-0.39, 0.29) is 6.61 Å². The Hall–Kier alpha value is -2.24. The zero-order valence-electron chi connectivity index (χ0n) is 12.1. The van der Waals surface area contributed by atoms with Gasteiger partial charge in [-0.2, -0.15) is 0 Å². The van der Waals surface area contributed by atoms with Crippen molar-refractivity contribution in [2.45, 2.75) is 19.4 Å². The molecule has 1 rings (SSSR count). The number of methoxy groups -OCH3 is 2. The standard InChI is InChI=1S/C14H19NO5/c1-14(2,13(17)19-4)15-12(16)9-20-11-8-6-5-7-10(11)18-3/h5-8H,9H2,1-4H3,(H,15,16). The molecule has 0 spiro atoms. The Morgan fingerprint density at radius 2 is 1.75 bits per heavy atom. The molecule has 0 aromatic heterocycles. The van der Waals surface area contributed by atoms with E-state index in [0.717, 1.165) is 0 Å². The van der Waals surface area contributed by atoms with Crippen LogP contribution in [0.15, 0.2) is 24.3 Å². The highest BCUT2D eigenvalue weighted by molar-refractivity contribution is 5.87. The monoisotopic (exact) mass is 281 g/mol. The summed E-state index contributed by atoms with van der Waals surface area (Å²) in [6.07, 6.45) is 0. The Labute approximate surface area is 118 Å². The second-order valence-electron chi connectivity index (χ2n) is 4.60. The Morgan fingerprint density at radius 1 is 1.15 bits per heavy atom. The molecule has 6 heteroatoms. The molecular formula is C14H19NO5. The predicted octanol–water partition coefficient (Wildman–Crippen LogP) is 1.14. The van der Waals surface area contributed by atoms with Crippen LogP contribution >= 0.6 is 0 Å². The summed E-state index contributed by atoms with van der Waals surface area (Å²) in [5.74, 6) is 0.0444. The number of nitrogens with one attached hydrogen (secondary N) is 1. The average Bonchev–Trinajstić information content (AvgIpc) is 2.43. The van der Waals surface area contributed by atoms with Gasteiger partial charge in [0.1, 0.15) is 5.54 Å².